The van der Waals surface area contributed by atoms with Crippen LogP contribution in [-0.4, -0.2) is 37.7 Å². The molecular weight excluding hydrogens is 326 g/mol. The second kappa shape index (κ2) is 7.44. The molecule has 0 saturated carbocycles. The maximum absolute atomic E-state index is 12.6. The summed E-state index contributed by atoms with van der Waals surface area (Å²) in [5.41, 5.74) is 1.33. The van der Waals surface area contributed by atoms with Gasteiger partial charge in [-0.2, -0.15) is 0 Å². The number of nitrogens with zero attached hydrogens (tertiary/aromatic N) is 1. The van der Waals surface area contributed by atoms with Crippen LogP contribution in [0.2, 0.25) is 0 Å². The molecule has 1 aliphatic heterocycles. The fourth-order valence-corrected chi connectivity index (χ4v) is 4.05. The van der Waals surface area contributed by atoms with Crippen LogP contribution in [-0.2, 0) is 20.6 Å². The summed E-state index contributed by atoms with van der Waals surface area (Å²) in [6.07, 6.45) is 1.57. The number of hydrogen-bond donors (Lipinski definition) is 2. The lowest BCUT2D eigenvalue weighted by Crippen LogP contribution is -2.45. The van der Waals surface area contributed by atoms with E-state index in [1.54, 1.807) is 28.6 Å². The quantitative estimate of drug-likeness (QED) is 0.875. The van der Waals surface area contributed by atoms with Crippen LogP contribution in [0.15, 0.2) is 24.3 Å². The Labute approximate surface area is 145 Å². The zero-order valence-electron chi connectivity index (χ0n) is 14.6. The van der Waals surface area contributed by atoms with E-state index < -0.39 is 11.0 Å². The van der Waals surface area contributed by atoms with E-state index in [9.17, 15) is 13.8 Å². The maximum atomic E-state index is 12.6. The highest BCUT2D eigenvalue weighted by atomic mass is 32.2. The van der Waals surface area contributed by atoms with E-state index in [2.05, 4.69) is 10.6 Å². The Morgan fingerprint density at radius 3 is 2.17 bits per heavy atom. The molecule has 1 unspecified atom stereocenters. The highest BCUT2D eigenvalue weighted by molar-refractivity contribution is 7.84. The smallest absolute Gasteiger partial charge is 0.242 e. The molecule has 2 atom stereocenters. The second-order valence-corrected chi connectivity index (χ2v) is 9.10. The molecule has 0 radical (unpaired) electrons. The first-order valence-electron chi connectivity index (χ1n) is 8.05. The fraction of sp³-hybridized carbons (Fsp3) is 0.529. The van der Waals surface area contributed by atoms with Gasteiger partial charge in [-0.15, -0.1) is 0 Å². The standard InChI is InChI=1S/C17H25N3O3S/c1-12(21)18-13-7-9-14(10-8-13)19-16(22)15-6-5-11-20(15)24(23)17(2,3)4/h7-10,15H,5-6,11H2,1-4H3,(H,18,21)(H,19,22)/t15-,24?/m0/s1. The van der Waals surface area contributed by atoms with Gasteiger partial charge in [0, 0.05) is 24.8 Å². The van der Waals surface area contributed by atoms with Crippen LogP contribution in [0.4, 0.5) is 11.4 Å². The van der Waals surface area contributed by atoms with E-state index in [4.69, 9.17) is 0 Å². The van der Waals surface area contributed by atoms with E-state index in [-0.39, 0.29) is 22.6 Å². The van der Waals surface area contributed by atoms with Crippen molar-refractivity contribution in [2.24, 2.45) is 0 Å². The lowest BCUT2D eigenvalue weighted by atomic mass is 10.2. The van der Waals surface area contributed by atoms with Crippen molar-refractivity contribution in [1.82, 2.24) is 4.31 Å². The molecule has 6 nitrogen and oxygen atoms in total. The van der Waals surface area contributed by atoms with Gasteiger partial charge in [-0.05, 0) is 57.9 Å². The molecule has 1 aliphatic rings. The summed E-state index contributed by atoms with van der Waals surface area (Å²) in [6, 6.07) is 6.57. The van der Waals surface area contributed by atoms with Gasteiger partial charge in [0.15, 0.2) is 0 Å². The van der Waals surface area contributed by atoms with Gasteiger partial charge in [0.1, 0.15) is 17.0 Å². The van der Waals surface area contributed by atoms with E-state index >= 15 is 0 Å². The summed E-state index contributed by atoms with van der Waals surface area (Å²) in [7, 11) is -1.21. The molecule has 0 spiro atoms. The van der Waals surface area contributed by atoms with Crippen LogP contribution in [0.3, 0.4) is 0 Å². The normalized spacial score (nSPS) is 19.8. The number of nitrogens with one attached hydrogen (secondary N) is 2. The molecule has 24 heavy (non-hydrogen) atoms. The van der Waals surface area contributed by atoms with Crippen LogP contribution in [0.25, 0.3) is 0 Å². The molecule has 0 bridgehead atoms. The summed E-state index contributed by atoms with van der Waals surface area (Å²) in [5.74, 6) is -0.282. The monoisotopic (exact) mass is 351 g/mol. The summed E-state index contributed by atoms with van der Waals surface area (Å²) in [6.45, 7) is 7.86. The van der Waals surface area contributed by atoms with Gasteiger partial charge in [-0.3, -0.25) is 9.59 Å². The third-order valence-electron chi connectivity index (χ3n) is 3.72. The summed E-state index contributed by atoms with van der Waals surface area (Å²) >= 11 is 0. The number of hydrogen-bond acceptors (Lipinski definition) is 3. The predicted molar refractivity (Wildman–Crippen MR) is 97.0 cm³/mol. The summed E-state index contributed by atoms with van der Waals surface area (Å²) in [5, 5.41) is 5.55. The molecule has 1 saturated heterocycles. The largest absolute Gasteiger partial charge is 0.326 e. The molecule has 1 fully saturated rings. The van der Waals surface area contributed by atoms with E-state index in [0.29, 0.717) is 24.3 Å². The first kappa shape index (κ1) is 18.6. The maximum Gasteiger partial charge on any atom is 0.242 e. The second-order valence-electron chi connectivity index (χ2n) is 6.91. The Morgan fingerprint density at radius 2 is 1.67 bits per heavy atom. The number of carbonyl (C=O) groups excluding carboxylic acids is 2. The van der Waals surface area contributed by atoms with Crippen molar-refractivity contribution in [1.29, 1.82) is 0 Å². The number of amides is 2. The van der Waals surface area contributed by atoms with Crippen molar-refractivity contribution < 1.29 is 13.8 Å². The molecule has 1 aromatic rings. The molecule has 2 amide bonds. The minimum absolute atomic E-state index is 0.141. The number of rotatable bonds is 4. The topological polar surface area (TPSA) is 78.5 Å². The van der Waals surface area contributed by atoms with Crippen LogP contribution in [0, 0.1) is 0 Å². The highest BCUT2D eigenvalue weighted by Gasteiger charge is 2.38. The Balaban J connectivity index is 2.03. The van der Waals surface area contributed by atoms with E-state index in [0.717, 1.165) is 6.42 Å². The number of carbonyl (C=O) groups is 2. The van der Waals surface area contributed by atoms with E-state index in [1.165, 1.54) is 6.92 Å². The van der Waals surface area contributed by atoms with Crippen molar-refractivity contribution >= 4 is 34.2 Å². The predicted octanol–water partition coefficient (Wildman–Crippen LogP) is 2.51. The van der Waals surface area contributed by atoms with Gasteiger partial charge in [0.25, 0.3) is 0 Å². The molecule has 132 valence electrons. The van der Waals surface area contributed by atoms with Crippen molar-refractivity contribution in [3.05, 3.63) is 24.3 Å². The molecule has 0 aromatic heterocycles. The molecule has 2 N–H and O–H groups in total. The molecule has 7 heteroatoms. The van der Waals surface area contributed by atoms with E-state index in [1.807, 2.05) is 20.8 Å². The fourth-order valence-electron chi connectivity index (χ4n) is 2.62. The Hall–Kier alpha value is -1.73. The molecule has 2 rings (SSSR count). The Morgan fingerprint density at radius 1 is 1.12 bits per heavy atom. The van der Waals surface area contributed by atoms with Crippen molar-refractivity contribution in [2.75, 3.05) is 17.2 Å². The van der Waals surface area contributed by atoms with Gasteiger partial charge >= 0.3 is 0 Å². The zero-order chi connectivity index (χ0) is 17.9. The average molecular weight is 351 g/mol. The molecular formula is C17H25N3O3S. The van der Waals surface area contributed by atoms with Crippen molar-refractivity contribution in [3.8, 4) is 0 Å². The van der Waals surface area contributed by atoms with Crippen molar-refractivity contribution in [3.63, 3.8) is 0 Å². The molecule has 1 aromatic carbocycles. The van der Waals surface area contributed by atoms with Crippen LogP contribution in [0.1, 0.15) is 40.5 Å². The first-order valence-corrected chi connectivity index (χ1v) is 9.16. The average Bonchev–Trinajstić information content (AvgIpc) is 2.96. The summed E-state index contributed by atoms with van der Waals surface area (Å²) in [4.78, 5) is 23.6. The number of benzene rings is 1. The summed E-state index contributed by atoms with van der Waals surface area (Å²) < 4.78 is 14.0. The van der Waals surface area contributed by atoms with Gasteiger partial charge in [-0.25, -0.2) is 8.51 Å². The molecule has 0 aliphatic carbocycles. The Bertz CT molecular complexity index is 637. The van der Waals surface area contributed by atoms with Gasteiger partial charge in [0.05, 0.1) is 4.75 Å². The first-order chi connectivity index (χ1) is 11.2. The van der Waals surface area contributed by atoms with Crippen LogP contribution < -0.4 is 10.6 Å². The lowest BCUT2D eigenvalue weighted by molar-refractivity contribution is -0.119. The lowest BCUT2D eigenvalue weighted by Gasteiger charge is -2.29. The highest BCUT2D eigenvalue weighted by Crippen LogP contribution is 2.26. The minimum atomic E-state index is -1.21. The third kappa shape index (κ3) is 4.64. The number of anilines is 2. The minimum Gasteiger partial charge on any atom is -0.326 e. The van der Waals surface area contributed by atoms with Crippen molar-refractivity contribution in [2.45, 2.75) is 51.3 Å². The van der Waals surface area contributed by atoms with Gasteiger partial charge in [-0.1, -0.05) is 0 Å². The zero-order valence-corrected chi connectivity index (χ0v) is 15.4. The van der Waals surface area contributed by atoms with Crippen LogP contribution in [0.5, 0.6) is 0 Å². The molecule has 1 heterocycles. The van der Waals surface area contributed by atoms with Gasteiger partial charge in [0.2, 0.25) is 11.8 Å². The van der Waals surface area contributed by atoms with Crippen LogP contribution >= 0.6 is 0 Å². The third-order valence-corrected chi connectivity index (χ3v) is 5.63. The van der Waals surface area contributed by atoms with Gasteiger partial charge < -0.3 is 10.6 Å². The SMILES string of the molecule is CC(=O)Nc1ccc(NC(=O)[C@@H]2CCCN2S(=O)C(C)(C)C)cc1. The Kier molecular flexibility index (Phi) is 5.77.